The van der Waals surface area contributed by atoms with E-state index in [1.54, 1.807) is 4.72 Å². The molecule has 1 aromatic carbocycles. The van der Waals surface area contributed by atoms with Crippen LogP contribution in [0.1, 0.15) is 12.0 Å². The molecule has 28 heavy (non-hydrogen) atoms. The van der Waals surface area contributed by atoms with Crippen LogP contribution in [-0.4, -0.2) is 51.9 Å². The van der Waals surface area contributed by atoms with Gasteiger partial charge in [-0.05, 0) is 18.2 Å². The Morgan fingerprint density at radius 3 is 2.57 bits per heavy atom. The van der Waals surface area contributed by atoms with Gasteiger partial charge in [0.25, 0.3) is 5.91 Å². The fourth-order valence-electron chi connectivity index (χ4n) is 1.76. The predicted molar refractivity (Wildman–Crippen MR) is 90.5 cm³/mol. The average Bonchev–Trinajstić information content (AvgIpc) is 2.61. The zero-order chi connectivity index (χ0) is 21.5. The normalized spacial score (nSPS) is 11.6. The first-order valence-electron chi connectivity index (χ1n) is 7.51. The summed E-state index contributed by atoms with van der Waals surface area (Å²) in [6.07, 6.45) is -4.71. The van der Waals surface area contributed by atoms with E-state index >= 15 is 0 Å². The highest BCUT2D eigenvalue weighted by molar-refractivity contribution is 7.89. The van der Waals surface area contributed by atoms with Gasteiger partial charge >= 0.3 is 12.1 Å². The third kappa shape index (κ3) is 6.99. The van der Waals surface area contributed by atoms with Gasteiger partial charge in [-0.2, -0.15) is 23.2 Å². The molecule has 0 radical (unpaired) electrons. The summed E-state index contributed by atoms with van der Waals surface area (Å²) in [5.41, 5.74) is -1.23. The van der Waals surface area contributed by atoms with Crippen molar-refractivity contribution in [2.45, 2.75) is 17.5 Å². The summed E-state index contributed by atoms with van der Waals surface area (Å²) in [6.45, 7) is -1.50. The van der Waals surface area contributed by atoms with Crippen molar-refractivity contribution < 1.29 is 35.9 Å². The van der Waals surface area contributed by atoms with Gasteiger partial charge in [-0.15, -0.1) is 0 Å². The standard InChI is InChI=1S/C15H15ClF3N3O5S/c1-22(6-2-5-20)13(23)9-27-14(24)8-21-28(25,26)12-7-10(15(17,18)19)3-4-11(12)16/h3-4,7,21H,2,6,8-9H2,1H3. The fourth-order valence-corrected chi connectivity index (χ4v) is 3.26. The molecular weight excluding hydrogens is 427 g/mol. The Labute approximate surface area is 163 Å². The molecule has 1 amide bonds. The Bertz CT molecular complexity index is 884. The third-order valence-electron chi connectivity index (χ3n) is 3.30. The Morgan fingerprint density at radius 2 is 2.00 bits per heavy atom. The number of carbonyl (C=O) groups excluding carboxylic acids is 2. The number of nitrogens with one attached hydrogen (secondary N) is 1. The van der Waals surface area contributed by atoms with Crippen LogP contribution in [0, 0.1) is 11.3 Å². The first-order valence-corrected chi connectivity index (χ1v) is 9.37. The molecule has 0 bridgehead atoms. The van der Waals surface area contributed by atoms with Crippen molar-refractivity contribution in [3.05, 3.63) is 28.8 Å². The lowest BCUT2D eigenvalue weighted by Gasteiger charge is -2.15. The fraction of sp³-hybridized carbons (Fsp3) is 0.400. The Hall–Kier alpha value is -2.36. The van der Waals surface area contributed by atoms with Crippen LogP contribution in [0.15, 0.2) is 23.1 Å². The Kier molecular flexibility index (Phi) is 8.22. The van der Waals surface area contributed by atoms with Gasteiger partial charge in [-0.25, -0.2) is 8.42 Å². The summed E-state index contributed by atoms with van der Waals surface area (Å²) >= 11 is 5.65. The van der Waals surface area contributed by atoms with Crippen molar-refractivity contribution in [3.63, 3.8) is 0 Å². The summed E-state index contributed by atoms with van der Waals surface area (Å²) in [5, 5.41) is 7.96. The maximum absolute atomic E-state index is 12.7. The number of esters is 1. The molecule has 0 fully saturated rings. The quantitative estimate of drug-likeness (QED) is 0.612. The minimum Gasteiger partial charge on any atom is -0.455 e. The number of benzene rings is 1. The third-order valence-corrected chi connectivity index (χ3v) is 5.18. The molecule has 1 aromatic rings. The van der Waals surface area contributed by atoms with Crippen LogP contribution in [0.25, 0.3) is 0 Å². The lowest BCUT2D eigenvalue weighted by molar-refractivity contribution is -0.150. The van der Waals surface area contributed by atoms with E-state index in [0.29, 0.717) is 12.1 Å². The van der Waals surface area contributed by atoms with Crippen molar-refractivity contribution in [3.8, 4) is 6.07 Å². The van der Waals surface area contributed by atoms with Gasteiger partial charge in [0.15, 0.2) is 6.61 Å². The monoisotopic (exact) mass is 441 g/mol. The number of halogens is 4. The first-order chi connectivity index (χ1) is 12.9. The van der Waals surface area contributed by atoms with E-state index < -0.39 is 56.7 Å². The van der Waals surface area contributed by atoms with Gasteiger partial charge in [0, 0.05) is 13.6 Å². The van der Waals surface area contributed by atoms with Gasteiger partial charge in [-0.1, -0.05) is 11.6 Å². The van der Waals surface area contributed by atoms with Crippen molar-refractivity contribution in [1.29, 1.82) is 5.26 Å². The highest BCUT2D eigenvalue weighted by Gasteiger charge is 2.32. The van der Waals surface area contributed by atoms with E-state index in [-0.39, 0.29) is 13.0 Å². The van der Waals surface area contributed by atoms with Crippen molar-refractivity contribution >= 4 is 33.5 Å². The number of hydrogen-bond donors (Lipinski definition) is 1. The average molecular weight is 442 g/mol. The molecule has 0 atom stereocenters. The molecule has 0 saturated carbocycles. The second-order valence-corrected chi connectivity index (χ2v) is 7.49. The van der Waals surface area contributed by atoms with Crippen LogP contribution >= 0.6 is 11.6 Å². The minimum absolute atomic E-state index is 0.0771. The number of likely N-dealkylation sites (N-methyl/N-ethyl adjacent to an activating group) is 1. The molecule has 1 rings (SSSR count). The summed E-state index contributed by atoms with van der Waals surface area (Å²) in [5.74, 6) is -1.75. The molecule has 0 aromatic heterocycles. The Morgan fingerprint density at radius 1 is 1.36 bits per heavy atom. The number of sulfonamides is 1. The molecule has 0 aliphatic rings. The summed E-state index contributed by atoms with van der Waals surface area (Å²) in [6, 6.07) is 3.55. The van der Waals surface area contributed by atoms with Crippen molar-refractivity contribution in [1.82, 2.24) is 9.62 Å². The van der Waals surface area contributed by atoms with E-state index in [4.69, 9.17) is 16.9 Å². The van der Waals surface area contributed by atoms with Crippen molar-refractivity contribution in [2.24, 2.45) is 0 Å². The second-order valence-electron chi connectivity index (χ2n) is 5.35. The smallest absolute Gasteiger partial charge is 0.416 e. The number of alkyl halides is 3. The van der Waals surface area contributed by atoms with Crippen LogP contribution in [0.3, 0.4) is 0 Å². The van der Waals surface area contributed by atoms with Gasteiger partial charge in [-0.3, -0.25) is 9.59 Å². The Balaban J connectivity index is 2.70. The van der Waals surface area contributed by atoms with E-state index in [2.05, 4.69) is 4.74 Å². The van der Waals surface area contributed by atoms with E-state index in [1.807, 2.05) is 6.07 Å². The molecule has 0 unspecified atom stereocenters. The maximum Gasteiger partial charge on any atom is 0.416 e. The molecular formula is C15H15ClF3N3O5S. The van der Waals surface area contributed by atoms with Crippen LogP contribution in [0.5, 0.6) is 0 Å². The zero-order valence-electron chi connectivity index (χ0n) is 14.4. The van der Waals surface area contributed by atoms with E-state index in [1.165, 1.54) is 7.05 Å². The minimum atomic E-state index is -4.79. The van der Waals surface area contributed by atoms with Gasteiger partial charge < -0.3 is 9.64 Å². The number of nitriles is 1. The van der Waals surface area contributed by atoms with Gasteiger partial charge in [0.1, 0.15) is 11.4 Å². The number of ether oxygens (including phenoxy) is 1. The molecule has 154 valence electrons. The highest BCUT2D eigenvalue weighted by atomic mass is 35.5. The second kappa shape index (κ2) is 9.72. The molecule has 0 spiro atoms. The molecule has 1 N–H and O–H groups in total. The largest absolute Gasteiger partial charge is 0.455 e. The van der Waals surface area contributed by atoms with E-state index in [9.17, 15) is 31.2 Å². The lowest BCUT2D eigenvalue weighted by Crippen LogP contribution is -2.35. The van der Waals surface area contributed by atoms with Gasteiger partial charge in [0.2, 0.25) is 10.0 Å². The molecule has 0 aliphatic heterocycles. The zero-order valence-corrected chi connectivity index (χ0v) is 16.0. The number of carbonyl (C=O) groups is 2. The van der Waals surface area contributed by atoms with Gasteiger partial charge in [0.05, 0.1) is 23.1 Å². The number of hydrogen-bond acceptors (Lipinski definition) is 6. The number of nitrogens with zero attached hydrogens (tertiary/aromatic N) is 2. The maximum atomic E-state index is 12.7. The SMILES string of the molecule is CN(CCC#N)C(=O)COC(=O)CNS(=O)(=O)c1cc(C(F)(F)F)ccc1Cl. The summed E-state index contributed by atoms with van der Waals surface area (Å²) in [7, 11) is -3.17. The van der Waals surface area contributed by atoms with Crippen LogP contribution < -0.4 is 4.72 Å². The van der Waals surface area contributed by atoms with E-state index in [0.717, 1.165) is 11.0 Å². The van der Waals surface area contributed by atoms with Crippen LogP contribution in [0.4, 0.5) is 13.2 Å². The molecule has 0 saturated heterocycles. The van der Waals surface area contributed by atoms with Crippen LogP contribution in [-0.2, 0) is 30.5 Å². The molecule has 8 nitrogen and oxygen atoms in total. The molecule has 13 heteroatoms. The molecule has 0 heterocycles. The summed E-state index contributed by atoms with van der Waals surface area (Å²) in [4.78, 5) is 23.5. The number of rotatable bonds is 8. The highest BCUT2D eigenvalue weighted by Crippen LogP contribution is 2.33. The topological polar surface area (TPSA) is 117 Å². The molecule has 0 aliphatic carbocycles. The first kappa shape index (κ1) is 23.7. The lowest BCUT2D eigenvalue weighted by atomic mass is 10.2. The predicted octanol–water partition coefficient (Wildman–Crippen LogP) is 1.55. The van der Waals surface area contributed by atoms with Crippen molar-refractivity contribution in [2.75, 3.05) is 26.7 Å². The van der Waals surface area contributed by atoms with Crippen LogP contribution in [0.2, 0.25) is 5.02 Å². The number of amides is 1. The summed E-state index contributed by atoms with van der Waals surface area (Å²) < 4.78 is 68.8.